The summed E-state index contributed by atoms with van der Waals surface area (Å²) >= 11 is 0. The van der Waals surface area contributed by atoms with E-state index in [1.165, 1.54) is 12.1 Å². The normalized spacial score (nSPS) is 13.8. The Morgan fingerprint density at radius 1 is 1.25 bits per heavy atom. The van der Waals surface area contributed by atoms with E-state index in [2.05, 4.69) is 5.32 Å². The first-order valence-electron chi connectivity index (χ1n) is 6.41. The smallest absolute Gasteiger partial charge is 0.237 e. The quantitative estimate of drug-likeness (QED) is 0.720. The van der Waals surface area contributed by atoms with Crippen LogP contribution in [0.4, 0.5) is 4.39 Å². The molecule has 110 valence electrons. The van der Waals surface area contributed by atoms with Gasteiger partial charge in [-0.2, -0.15) is 0 Å². The number of carbonyl (C=O) groups excluding carboxylic acids is 2. The van der Waals surface area contributed by atoms with Gasteiger partial charge in [0.05, 0.1) is 18.5 Å². The SMILES string of the molecule is CC(C)C(NC(=O)C(N)CC(N)=O)c1ccc(F)cc1. The highest BCUT2D eigenvalue weighted by molar-refractivity contribution is 5.87. The number of carbonyl (C=O) groups is 2. The summed E-state index contributed by atoms with van der Waals surface area (Å²) in [7, 11) is 0. The molecule has 2 atom stereocenters. The van der Waals surface area contributed by atoms with Crippen LogP contribution in [0.2, 0.25) is 0 Å². The summed E-state index contributed by atoms with van der Waals surface area (Å²) in [5, 5.41) is 2.76. The van der Waals surface area contributed by atoms with Crippen LogP contribution in [0.5, 0.6) is 0 Å². The van der Waals surface area contributed by atoms with E-state index in [1.807, 2.05) is 13.8 Å². The van der Waals surface area contributed by atoms with Crippen LogP contribution in [0, 0.1) is 11.7 Å². The number of amides is 2. The standard InChI is InChI=1S/C14H20FN3O2/c1-8(2)13(9-3-5-10(15)6-4-9)18-14(20)11(16)7-12(17)19/h3-6,8,11,13H,7,16H2,1-2H3,(H2,17,19)(H,18,20). The third-order valence-electron chi connectivity index (χ3n) is 2.95. The summed E-state index contributed by atoms with van der Waals surface area (Å²) in [4.78, 5) is 22.7. The van der Waals surface area contributed by atoms with Crippen LogP contribution in [-0.2, 0) is 9.59 Å². The van der Waals surface area contributed by atoms with E-state index in [1.54, 1.807) is 12.1 Å². The van der Waals surface area contributed by atoms with Crippen LogP contribution >= 0.6 is 0 Å². The Morgan fingerprint density at radius 2 is 1.80 bits per heavy atom. The molecule has 5 N–H and O–H groups in total. The third kappa shape index (κ3) is 4.62. The fraction of sp³-hybridized carbons (Fsp3) is 0.429. The Kier molecular flexibility index (Phi) is 5.64. The second kappa shape index (κ2) is 7.00. The average Bonchev–Trinajstić information content (AvgIpc) is 2.35. The van der Waals surface area contributed by atoms with Gasteiger partial charge >= 0.3 is 0 Å². The first-order valence-corrected chi connectivity index (χ1v) is 6.41. The first kappa shape index (κ1) is 16.1. The van der Waals surface area contributed by atoms with Crippen molar-refractivity contribution in [2.45, 2.75) is 32.4 Å². The summed E-state index contributed by atoms with van der Waals surface area (Å²) in [6, 6.07) is 4.61. The van der Waals surface area contributed by atoms with Gasteiger partial charge in [0.1, 0.15) is 5.82 Å². The Labute approximate surface area is 117 Å². The van der Waals surface area contributed by atoms with Gasteiger partial charge in [0, 0.05) is 0 Å². The van der Waals surface area contributed by atoms with Crippen LogP contribution in [0.1, 0.15) is 31.9 Å². The van der Waals surface area contributed by atoms with Gasteiger partial charge < -0.3 is 16.8 Å². The average molecular weight is 281 g/mol. The molecule has 0 aliphatic rings. The summed E-state index contributed by atoms with van der Waals surface area (Å²) in [6.45, 7) is 3.85. The van der Waals surface area contributed by atoms with Crippen LogP contribution in [0.25, 0.3) is 0 Å². The van der Waals surface area contributed by atoms with Crippen molar-refractivity contribution in [3.8, 4) is 0 Å². The molecule has 0 aliphatic heterocycles. The zero-order chi connectivity index (χ0) is 15.3. The van der Waals surface area contributed by atoms with Crippen LogP contribution in [0.3, 0.4) is 0 Å². The van der Waals surface area contributed by atoms with Gasteiger partial charge in [0.25, 0.3) is 0 Å². The molecule has 0 heterocycles. The highest BCUT2D eigenvalue weighted by Crippen LogP contribution is 2.22. The van der Waals surface area contributed by atoms with Crippen molar-refractivity contribution in [3.05, 3.63) is 35.6 Å². The Balaban J connectivity index is 2.80. The molecule has 1 aromatic carbocycles. The lowest BCUT2D eigenvalue weighted by atomic mass is 9.95. The van der Waals surface area contributed by atoms with Crippen molar-refractivity contribution in [1.82, 2.24) is 5.32 Å². The maximum Gasteiger partial charge on any atom is 0.237 e. The van der Waals surface area contributed by atoms with Crippen molar-refractivity contribution in [3.63, 3.8) is 0 Å². The van der Waals surface area contributed by atoms with Crippen LogP contribution in [-0.4, -0.2) is 17.9 Å². The summed E-state index contributed by atoms with van der Waals surface area (Å²) in [6.07, 6.45) is -0.208. The summed E-state index contributed by atoms with van der Waals surface area (Å²) < 4.78 is 12.9. The molecule has 5 nitrogen and oxygen atoms in total. The lowest BCUT2D eigenvalue weighted by molar-refractivity contribution is -0.127. The molecule has 0 aromatic heterocycles. The predicted molar refractivity (Wildman–Crippen MR) is 73.9 cm³/mol. The van der Waals surface area contributed by atoms with Gasteiger partial charge in [-0.1, -0.05) is 26.0 Å². The van der Waals surface area contributed by atoms with Crippen molar-refractivity contribution in [2.24, 2.45) is 17.4 Å². The minimum absolute atomic E-state index is 0.0881. The fourth-order valence-corrected chi connectivity index (χ4v) is 1.87. The van der Waals surface area contributed by atoms with Gasteiger partial charge in [0.15, 0.2) is 0 Å². The van der Waals surface area contributed by atoms with Crippen LogP contribution in [0.15, 0.2) is 24.3 Å². The molecule has 2 amide bonds. The van der Waals surface area contributed by atoms with Crippen LogP contribution < -0.4 is 16.8 Å². The van der Waals surface area contributed by atoms with Gasteiger partial charge in [-0.15, -0.1) is 0 Å². The Bertz CT molecular complexity index is 474. The zero-order valence-corrected chi connectivity index (χ0v) is 11.6. The lowest BCUT2D eigenvalue weighted by Gasteiger charge is -2.24. The van der Waals surface area contributed by atoms with Crippen molar-refractivity contribution < 1.29 is 14.0 Å². The van der Waals surface area contributed by atoms with E-state index in [-0.39, 0.29) is 24.2 Å². The number of benzene rings is 1. The number of hydrogen-bond acceptors (Lipinski definition) is 3. The van der Waals surface area contributed by atoms with E-state index in [0.717, 1.165) is 5.56 Å². The monoisotopic (exact) mass is 281 g/mol. The lowest BCUT2D eigenvalue weighted by Crippen LogP contribution is -2.45. The number of nitrogens with two attached hydrogens (primary N) is 2. The van der Waals surface area contributed by atoms with E-state index in [0.29, 0.717) is 0 Å². The summed E-state index contributed by atoms with van der Waals surface area (Å²) in [5.41, 5.74) is 11.4. The van der Waals surface area contributed by atoms with E-state index < -0.39 is 17.9 Å². The number of nitrogens with one attached hydrogen (secondary N) is 1. The van der Waals surface area contributed by atoms with E-state index >= 15 is 0 Å². The molecule has 1 aromatic rings. The molecule has 0 saturated heterocycles. The van der Waals surface area contributed by atoms with Gasteiger partial charge in [-0.25, -0.2) is 4.39 Å². The zero-order valence-electron chi connectivity index (χ0n) is 11.6. The molecule has 20 heavy (non-hydrogen) atoms. The Hall–Kier alpha value is -1.95. The molecule has 0 radical (unpaired) electrons. The minimum atomic E-state index is -0.978. The fourth-order valence-electron chi connectivity index (χ4n) is 1.87. The van der Waals surface area contributed by atoms with Gasteiger partial charge in [-0.3, -0.25) is 9.59 Å². The minimum Gasteiger partial charge on any atom is -0.370 e. The second-order valence-electron chi connectivity index (χ2n) is 5.06. The largest absolute Gasteiger partial charge is 0.370 e. The van der Waals surface area contributed by atoms with E-state index in [9.17, 15) is 14.0 Å². The second-order valence-corrected chi connectivity index (χ2v) is 5.06. The molecular formula is C14H20FN3O2. The highest BCUT2D eigenvalue weighted by Gasteiger charge is 2.22. The van der Waals surface area contributed by atoms with Crippen molar-refractivity contribution >= 4 is 11.8 Å². The number of halogens is 1. The van der Waals surface area contributed by atoms with Crippen molar-refractivity contribution in [2.75, 3.05) is 0 Å². The number of hydrogen-bond donors (Lipinski definition) is 3. The molecule has 0 fully saturated rings. The maximum atomic E-state index is 12.9. The first-order chi connectivity index (χ1) is 9.31. The third-order valence-corrected chi connectivity index (χ3v) is 2.95. The summed E-state index contributed by atoms with van der Waals surface area (Å²) in [5.74, 6) is -1.33. The highest BCUT2D eigenvalue weighted by atomic mass is 19.1. The van der Waals surface area contributed by atoms with Gasteiger partial charge in [-0.05, 0) is 23.6 Å². The molecule has 2 unspecified atom stereocenters. The molecule has 1 rings (SSSR count). The predicted octanol–water partition coefficient (Wildman–Crippen LogP) is 0.842. The van der Waals surface area contributed by atoms with Gasteiger partial charge in [0.2, 0.25) is 11.8 Å². The van der Waals surface area contributed by atoms with Crippen molar-refractivity contribution in [1.29, 1.82) is 0 Å². The molecule has 0 spiro atoms. The molecule has 0 aliphatic carbocycles. The Morgan fingerprint density at radius 3 is 2.25 bits per heavy atom. The molecule has 0 saturated carbocycles. The number of primary amides is 1. The molecule has 6 heteroatoms. The molecular weight excluding hydrogens is 261 g/mol. The molecule has 0 bridgehead atoms. The maximum absolute atomic E-state index is 12.9. The topological polar surface area (TPSA) is 98.2 Å². The number of rotatable bonds is 6. The van der Waals surface area contributed by atoms with E-state index in [4.69, 9.17) is 11.5 Å².